The molecule has 1 aliphatic rings. The van der Waals surface area contributed by atoms with E-state index in [-0.39, 0.29) is 11.1 Å². The minimum absolute atomic E-state index is 0.0573. The minimum Gasteiger partial charge on any atom is -0.480 e. The van der Waals surface area contributed by atoms with Crippen LogP contribution in [0.2, 0.25) is 0 Å². The van der Waals surface area contributed by atoms with Crippen LogP contribution in [0.25, 0.3) is 0 Å². The third kappa shape index (κ3) is 2.84. The van der Waals surface area contributed by atoms with Crippen molar-refractivity contribution < 1.29 is 14.8 Å². The van der Waals surface area contributed by atoms with Crippen molar-refractivity contribution in [1.82, 2.24) is 0 Å². The molecule has 1 atom stereocenters. The molecule has 21 heavy (non-hydrogen) atoms. The zero-order valence-electron chi connectivity index (χ0n) is 12.5. The lowest BCUT2D eigenvalue weighted by molar-refractivity contribution is -0.385. The molecule has 114 valence electrons. The lowest BCUT2D eigenvalue weighted by atomic mass is 9.76. The third-order valence-corrected chi connectivity index (χ3v) is 4.21. The van der Waals surface area contributed by atoms with Crippen LogP contribution in [-0.4, -0.2) is 28.6 Å². The van der Waals surface area contributed by atoms with E-state index in [9.17, 15) is 20.0 Å². The molecule has 0 radical (unpaired) electrons. The number of nitrogens with zero attached hydrogens (tertiary/aromatic N) is 2. The Morgan fingerprint density at radius 1 is 1.48 bits per heavy atom. The first-order chi connectivity index (χ1) is 9.74. The normalized spacial score (nSPS) is 21.1. The second-order valence-corrected chi connectivity index (χ2v) is 6.25. The van der Waals surface area contributed by atoms with Gasteiger partial charge in [-0.25, -0.2) is 4.79 Å². The zero-order chi connectivity index (χ0) is 15.8. The summed E-state index contributed by atoms with van der Waals surface area (Å²) >= 11 is 0. The molecule has 0 aromatic heterocycles. The smallest absolute Gasteiger partial charge is 0.326 e. The van der Waals surface area contributed by atoms with Crippen molar-refractivity contribution in [1.29, 1.82) is 0 Å². The number of hydrogen-bond donors (Lipinski definition) is 1. The lowest BCUT2D eigenvalue weighted by Gasteiger charge is -2.45. The number of benzene rings is 1. The Bertz CT molecular complexity index is 583. The second kappa shape index (κ2) is 5.35. The van der Waals surface area contributed by atoms with E-state index in [2.05, 4.69) is 0 Å². The van der Waals surface area contributed by atoms with Gasteiger partial charge in [-0.2, -0.15) is 0 Å². The van der Waals surface area contributed by atoms with Gasteiger partial charge in [0.25, 0.3) is 5.69 Å². The number of aryl methyl sites for hydroxylation is 1. The molecule has 0 aliphatic carbocycles. The standard InChI is InChI=1S/C15H20N2O4/c1-10-9-11(5-6-12(10)17(20)21)16-8-4-7-15(2,3)13(16)14(18)19/h5-6,9,13H,4,7-8H2,1-3H3,(H,18,19). The summed E-state index contributed by atoms with van der Waals surface area (Å²) in [7, 11) is 0. The molecule has 1 unspecified atom stereocenters. The van der Waals surface area contributed by atoms with E-state index in [4.69, 9.17) is 0 Å². The van der Waals surface area contributed by atoms with E-state index in [1.165, 1.54) is 6.07 Å². The SMILES string of the molecule is Cc1cc(N2CCCC(C)(C)C2C(=O)O)ccc1[N+](=O)[O-]. The van der Waals surface area contributed by atoms with Gasteiger partial charge in [-0.3, -0.25) is 10.1 Å². The molecule has 1 aromatic rings. The summed E-state index contributed by atoms with van der Waals surface area (Å²) in [5, 5.41) is 20.5. The number of carbonyl (C=O) groups is 1. The number of nitro groups is 1. The van der Waals surface area contributed by atoms with Crippen LogP contribution >= 0.6 is 0 Å². The summed E-state index contributed by atoms with van der Waals surface area (Å²) in [4.78, 5) is 24.0. The van der Waals surface area contributed by atoms with E-state index < -0.39 is 16.9 Å². The molecule has 2 rings (SSSR count). The van der Waals surface area contributed by atoms with Gasteiger partial charge < -0.3 is 10.0 Å². The molecular weight excluding hydrogens is 272 g/mol. The van der Waals surface area contributed by atoms with Gasteiger partial charge in [0.15, 0.2) is 0 Å². The summed E-state index contributed by atoms with van der Waals surface area (Å²) in [5.74, 6) is -0.851. The van der Waals surface area contributed by atoms with Gasteiger partial charge in [-0.05, 0) is 37.3 Å². The van der Waals surface area contributed by atoms with Gasteiger partial charge in [0.2, 0.25) is 0 Å². The van der Waals surface area contributed by atoms with Crippen LogP contribution in [0.5, 0.6) is 0 Å². The number of carboxylic acids is 1. The maximum Gasteiger partial charge on any atom is 0.326 e. The van der Waals surface area contributed by atoms with Gasteiger partial charge in [-0.1, -0.05) is 13.8 Å². The molecule has 1 aliphatic heterocycles. The Kier molecular flexibility index (Phi) is 3.89. The number of rotatable bonds is 3. The van der Waals surface area contributed by atoms with Crippen molar-refractivity contribution in [2.45, 2.75) is 39.7 Å². The van der Waals surface area contributed by atoms with Crippen molar-refractivity contribution in [2.75, 3.05) is 11.4 Å². The quantitative estimate of drug-likeness (QED) is 0.684. The molecule has 1 saturated heterocycles. The Morgan fingerprint density at radius 2 is 2.14 bits per heavy atom. The summed E-state index contributed by atoms with van der Waals surface area (Å²) in [6.45, 7) is 6.23. The fourth-order valence-corrected chi connectivity index (χ4v) is 3.16. The molecule has 1 aromatic carbocycles. The number of anilines is 1. The number of nitro benzene ring substituents is 1. The van der Waals surface area contributed by atoms with Crippen LogP contribution in [-0.2, 0) is 4.79 Å². The highest BCUT2D eigenvalue weighted by atomic mass is 16.6. The van der Waals surface area contributed by atoms with Gasteiger partial charge in [0, 0.05) is 23.9 Å². The van der Waals surface area contributed by atoms with Crippen LogP contribution in [0.1, 0.15) is 32.3 Å². The van der Waals surface area contributed by atoms with Gasteiger partial charge in [0.05, 0.1) is 4.92 Å². The minimum atomic E-state index is -0.851. The molecule has 0 amide bonds. The Balaban J connectivity index is 2.41. The number of carboxylic acid groups (broad SMARTS) is 1. The number of piperidine rings is 1. The average Bonchev–Trinajstić information content (AvgIpc) is 2.36. The number of aliphatic carboxylic acids is 1. The predicted molar refractivity (Wildman–Crippen MR) is 79.6 cm³/mol. The Morgan fingerprint density at radius 3 is 2.67 bits per heavy atom. The molecule has 6 heteroatoms. The summed E-state index contributed by atoms with van der Waals surface area (Å²) in [6, 6.07) is 4.18. The summed E-state index contributed by atoms with van der Waals surface area (Å²) in [6.07, 6.45) is 1.76. The van der Waals surface area contributed by atoms with Crippen molar-refractivity contribution in [3.8, 4) is 0 Å². The van der Waals surface area contributed by atoms with E-state index in [0.717, 1.165) is 18.5 Å². The van der Waals surface area contributed by atoms with Crippen molar-refractivity contribution in [3.05, 3.63) is 33.9 Å². The van der Waals surface area contributed by atoms with Crippen molar-refractivity contribution in [3.63, 3.8) is 0 Å². The molecular formula is C15H20N2O4. The van der Waals surface area contributed by atoms with Crippen LogP contribution in [0.15, 0.2) is 18.2 Å². The zero-order valence-corrected chi connectivity index (χ0v) is 12.5. The molecule has 0 spiro atoms. The Labute approximate surface area is 123 Å². The second-order valence-electron chi connectivity index (χ2n) is 6.25. The molecule has 0 bridgehead atoms. The molecule has 1 fully saturated rings. The average molecular weight is 292 g/mol. The van der Waals surface area contributed by atoms with Gasteiger partial charge in [0.1, 0.15) is 6.04 Å². The van der Waals surface area contributed by atoms with Crippen LogP contribution in [0, 0.1) is 22.5 Å². The first-order valence-corrected chi connectivity index (χ1v) is 6.98. The lowest BCUT2D eigenvalue weighted by Crippen LogP contribution is -2.54. The van der Waals surface area contributed by atoms with E-state index >= 15 is 0 Å². The summed E-state index contributed by atoms with van der Waals surface area (Å²) < 4.78 is 0. The van der Waals surface area contributed by atoms with Crippen LogP contribution < -0.4 is 4.90 Å². The van der Waals surface area contributed by atoms with E-state index in [0.29, 0.717) is 12.1 Å². The molecule has 0 saturated carbocycles. The van der Waals surface area contributed by atoms with Crippen molar-refractivity contribution >= 4 is 17.3 Å². The maximum absolute atomic E-state index is 11.7. The Hall–Kier alpha value is -2.11. The first-order valence-electron chi connectivity index (χ1n) is 6.98. The van der Waals surface area contributed by atoms with Crippen molar-refractivity contribution in [2.24, 2.45) is 5.41 Å². The first kappa shape index (κ1) is 15.3. The van der Waals surface area contributed by atoms with Crippen LogP contribution in [0.3, 0.4) is 0 Å². The van der Waals surface area contributed by atoms with Crippen LogP contribution in [0.4, 0.5) is 11.4 Å². The largest absolute Gasteiger partial charge is 0.480 e. The highest BCUT2D eigenvalue weighted by Gasteiger charge is 2.42. The third-order valence-electron chi connectivity index (χ3n) is 4.21. The fraction of sp³-hybridized carbons (Fsp3) is 0.533. The highest BCUT2D eigenvalue weighted by molar-refractivity contribution is 5.80. The number of hydrogen-bond acceptors (Lipinski definition) is 4. The molecule has 1 heterocycles. The van der Waals surface area contributed by atoms with Gasteiger partial charge >= 0.3 is 5.97 Å². The predicted octanol–water partition coefficient (Wildman–Crippen LogP) is 2.98. The summed E-state index contributed by atoms with van der Waals surface area (Å²) in [5.41, 5.74) is 1.00. The molecule has 1 N–H and O–H groups in total. The fourth-order valence-electron chi connectivity index (χ4n) is 3.16. The van der Waals surface area contributed by atoms with Gasteiger partial charge in [-0.15, -0.1) is 0 Å². The molecule has 6 nitrogen and oxygen atoms in total. The maximum atomic E-state index is 11.7. The highest BCUT2D eigenvalue weighted by Crippen LogP contribution is 2.38. The van der Waals surface area contributed by atoms with E-state index in [1.807, 2.05) is 18.7 Å². The monoisotopic (exact) mass is 292 g/mol. The topological polar surface area (TPSA) is 83.7 Å². The van der Waals surface area contributed by atoms with E-state index in [1.54, 1.807) is 19.1 Å².